The van der Waals surface area contributed by atoms with Crippen LogP contribution in [0.3, 0.4) is 0 Å². The van der Waals surface area contributed by atoms with Crippen molar-refractivity contribution in [3.8, 4) is 0 Å². The van der Waals surface area contributed by atoms with Crippen molar-refractivity contribution in [3.63, 3.8) is 0 Å². The van der Waals surface area contributed by atoms with Crippen molar-refractivity contribution in [2.75, 3.05) is 19.0 Å². The molecule has 3 nitrogen and oxygen atoms in total. The predicted molar refractivity (Wildman–Crippen MR) is 56.5 cm³/mol. The van der Waals surface area contributed by atoms with Gasteiger partial charge in [-0.05, 0) is 19.8 Å². The number of hydrogen-bond donors (Lipinski definition) is 1. The van der Waals surface area contributed by atoms with E-state index in [4.69, 9.17) is 16.3 Å². The fraction of sp³-hybridized carbons (Fsp3) is 0.900. The zero-order valence-electron chi connectivity index (χ0n) is 8.59. The highest BCUT2D eigenvalue weighted by atomic mass is 35.5. The largest absolute Gasteiger partial charge is 0.378 e. The van der Waals surface area contributed by atoms with E-state index in [1.807, 2.05) is 0 Å². The molecule has 2 atom stereocenters. The number of rotatable bonds is 5. The second-order valence-electron chi connectivity index (χ2n) is 3.72. The van der Waals surface area contributed by atoms with Crippen molar-refractivity contribution in [3.05, 3.63) is 0 Å². The maximum absolute atomic E-state index is 11.3. The van der Waals surface area contributed by atoms with Gasteiger partial charge in [-0.25, -0.2) is 0 Å². The molecule has 1 fully saturated rings. The lowest BCUT2D eigenvalue weighted by Gasteiger charge is -2.14. The summed E-state index contributed by atoms with van der Waals surface area (Å²) in [4.78, 5) is 11.3. The first-order valence-electron chi connectivity index (χ1n) is 5.18. The zero-order valence-corrected chi connectivity index (χ0v) is 9.35. The summed E-state index contributed by atoms with van der Waals surface area (Å²) < 4.78 is 5.41. The highest BCUT2D eigenvalue weighted by molar-refractivity contribution is 6.17. The molecule has 1 aliphatic rings. The Hall–Kier alpha value is -0.280. The molecule has 0 radical (unpaired) electrons. The third kappa shape index (κ3) is 3.84. The SMILES string of the molecule is CC1OCCC1CNC(=O)CCCCl. The molecule has 0 aromatic carbocycles. The minimum atomic E-state index is 0.102. The molecular formula is C10H18ClNO2. The van der Waals surface area contributed by atoms with Crippen molar-refractivity contribution in [2.24, 2.45) is 5.92 Å². The summed E-state index contributed by atoms with van der Waals surface area (Å²) in [6.07, 6.45) is 2.62. The van der Waals surface area contributed by atoms with Crippen LogP contribution in [0.4, 0.5) is 0 Å². The average Bonchev–Trinajstić information content (AvgIpc) is 2.58. The van der Waals surface area contributed by atoms with E-state index >= 15 is 0 Å². The van der Waals surface area contributed by atoms with Crippen LogP contribution in [-0.2, 0) is 9.53 Å². The predicted octanol–water partition coefficient (Wildman–Crippen LogP) is 1.55. The lowest BCUT2D eigenvalue weighted by atomic mass is 10.0. The fourth-order valence-corrected chi connectivity index (χ4v) is 1.74. The Morgan fingerprint density at radius 1 is 1.64 bits per heavy atom. The monoisotopic (exact) mass is 219 g/mol. The number of hydrogen-bond acceptors (Lipinski definition) is 2. The van der Waals surface area contributed by atoms with Crippen LogP contribution in [0.25, 0.3) is 0 Å². The number of amides is 1. The van der Waals surface area contributed by atoms with E-state index in [9.17, 15) is 4.79 Å². The molecule has 14 heavy (non-hydrogen) atoms. The standard InChI is InChI=1S/C10H18ClNO2/c1-8-9(4-6-14-8)7-12-10(13)3-2-5-11/h8-9H,2-7H2,1H3,(H,12,13). The van der Waals surface area contributed by atoms with Gasteiger partial charge in [0.2, 0.25) is 5.91 Å². The van der Waals surface area contributed by atoms with Gasteiger partial charge in [-0.15, -0.1) is 11.6 Å². The molecule has 0 bridgehead atoms. The number of nitrogens with one attached hydrogen (secondary N) is 1. The minimum absolute atomic E-state index is 0.102. The average molecular weight is 220 g/mol. The quantitative estimate of drug-likeness (QED) is 0.713. The Morgan fingerprint density at radius 2 is 2.43 bits per heavy atom. The lowest BCUT2D eigenvalue weighted by Crippen LogP contribution is -2.31. The molecule has 1 amide bonds. The van der Waals surface area contributed by atoms with Crippen LogP contribution in [0.5, 0.6) is 0 Å². The first-order chi connectivity index (χ1) is 6.74. The Bertz CT molecular complexity index is 187. The van der Waals surface area contributed by atoms with E-state index in [1.54, 1.807) is 0 Å². The Morgan fingerprint density at radius 3 is 3.00 bits per heavy atom. The van der Waals surface area contributed by atoms with Gasteiger partial charge in [0.05, 0.1) is 6.10 Å². The molecule has 1 saturated heterocycles. The molecule has 0 spiro atoms. The summed E-state index contributed by atoms with van der Waals surface area (Å²) in [6, 6.07) is 0. The van der Waals surface area contributed by atoms with E-state index < -0.39 is 0 Å². The van der Waals surface area contributed by atoms with E-state index in [2.05, 4.69) is 12.2 Å². The number of alkyl halides is 1. The van der Waals surface area contributed by atoms with Crippen LogP contribution in [0.2, 0.25) is 0 Å². The van der Waals surface area contributed by atoms with E-state index in [-0.39, 0.29) is 12.0 Å². The highest BCUT2D eigenvalue weighted by Crippen LogP contribution is 2.19. The van der Waals surface area contributed by atoms with Gasteiger partial charge in [-0.2, -0.15) is 0 Å². The maximum Gasteiger partial charge on any atom is 0.220 e. The van der Waals surface area contributed by atoms with Gasteiger partial charge in [-0.1, -0.05) is 0 Å². The van der Waals surface area contributed by atoms with Gasteiger partial charge < -0.3 is 10.1 Å². The van der Waals surface area contributed by atoms with Crippen LogP contribution in [0.1, 0.15) is 26.2 Å². The fourth-order valence-electron chi connectivity index (χ4n) is 1.60. The van der Waals surface area contributed by atoms with Crippen LogP contribution in [0, 0.1) is 5.92 Å². The highest BCUT2D eigenvalue weighted by Gasteiger charge is 2.24. The van der Waals surface area contributed by atoms with Crippen LogP contribution in [0.15, 0.2) is 0 Å². The van der Waals surface area contributed by atoms with Crippen molar-refractivity contribution >= 4 is 17.5 Å². The summed E-state index contributed by atoms with van der Waals surface area (Å²) in [6.45, 7) is 3.62. The summed E-state index contributed by atoms with van der Waals surface area (Å²) in [5.74, 6) is 1.14. The normalized spacial score (nSPS) is 26.4. The van der Waals surface area contributed by atoms with E-state index in [0.717, 1.165) is 26.0 Å². The topological polar surface area (TPSA) is 38.3 Å². The molecule has 1 N–H and O–H groups in total. The Kier molecular flexibility index (Phi) is 5.26. The van der Waals surface area contributed by atoms with Gasteiger partial charge in [-0.3, -0.25) is 4.79 Å². The third-order valence-electron chi connectivity index (χ3n) is 2.63. The van der Waals surface area contributed by atoms with Crippen molar-refractivity contribution in [1.82, 2.24) is 5.32 Å². The minimum Gasteiger partial charge on any atom is -0.378 e. The molecule has 0 aliphatic carbocycles. The van der Waals surface area contributed by atoms with E-state index in [1.165, 1.54) is 0 Å². The Labute approximate surface area is 90.1 Å². The summed E-state index contributed by atoms with van der Waals surface area (Å²) >= 11 is 5.50. The molecular weight excluding hydrogens is 202 g/mol. The van der Waals surface area contributed by atoms with Crippen molar-refractivity contribution in [1.29, 1.82) is 0 Å². The summed E-state index contributed by atoms with van der Waals surface area (Å²) in [5.41, 5.74) is 0. The maximum atomic E-state index is 11.3. The van der Waals surface area contributed by atoms with Gasteiger partial charge in [0.25, 0.3) is 0 Å². The molecule has 1 rings (SSSR count). The lowest BCUT2D eigenvalue weighted by molar-refractivity contribution is -0.121. The second-order valence-corrected chi connectivity index (χ2v) is 4.10. The van der Waals surface area contributed by atoms with Crippen LogP contribution in [-0.4, -0.2) is 31.0 Å². The van der Waals surface area contributed by atoms with Gasteiger partial charge >= 0.3 is 0 Å². The summed E-state index contributed by atoms with van der Waals surface area (Å²) in [5, 5.41) is 2.91. The molecule has 0 saturated carbocycles. The molecule has 1 heterocycles. The molecule has 2 unspecified atom stereocenters. The van der Waals surface area contributed by atoms with Gasteiger partial charge in [0.1, 0.15) is 0 Å². The molecule has 1 aliphatic heterocycles. The van der Waals surface area contributed by atoms with Crippen LogP contribution >= 0.6 is 11.6 Å². The van der Waals surface area contributed by atoms with Crippen molar-refractivity contribution < 1.29 is 9.53 Å². The van der Waals surface area contributed by atoms with E-state index in [0.29, 0.717) is 18.2 Å². The molecule has 0 aromatic rings. The molecule has 82 valence electrons. The second kappa shape index (κ2) is 6.25. The smallest absolute Gasteiger partial charge is 0.220 e. The summed E-state index contributed by atoms with van der Waals surface area (Å²) in [7, 11) is 0. The van der Waals surface area contributed by atoms with Crippen LogP contribution < -0.4 is 5.32 Å². The third-order valence-corrected chi connectivity index (χ3v) is 2.90. The number of carbonyl (C=O) groups excluding carboxylic acids is 1. The van der Waals surface area contributed by atoms with Gasteiger partial charge in [0.15, 0.2) is 0 Å². The van der Waals surface area contributed by atoms with Crippen molar-refractivity contribution in [2.45, 2.75) is 32.3 Å². The molecule has 4 heteroatoms. The number of ether oxygens (including phenoxy) is 1. The molecule has 0 aromatic heterocycles. The number of carbonyl (C=O) groups is 1. The zero-order chi connectivity index (χ0) is 10.4. The Balaban J connectivity index is 2.10. The number of halogens is 1. The first-order valence-corrected chi connectivity index (χ1v) is 5.71. The van der Waals surface area contributed by atoms with Gasteiger partial charge in [0, 0.05) is 31.4 Å². The first kappa shape index (κ1) is 11.8.